The van der Waals surface area contributed by atoms with Crippen LogP contribution in [0.1, 0.15) is 40.7 Å². The fourth-order valence-electron chi connectivity index (χ4n) is 4.98. The van der Waals surface area contributed by atoms with Gasteiger partial charge in [0.25, 0.3) is 5.91 Å². The fourth-order valence-corrected chi connectivity index (χ4v) is 4.98. The van der Waals surface area contributed by atoms with Gasteiger partial charge in [-0.15, -0.1) is 0 Å². The molecule has 27 heavy (non-hydrogen) atoms. The van der Waals surface area contributed by atoms with Gasteiger partial charge in [0, 0.05) is 31.1 Å². The van der Waals surface area contributed by atoms with Crippen LogP contribution in [0.5, 0.6) is 0 Å². The molecule has 0 spiro atoms. The topological polar surface area (TPSA) is 90.5 Å². The van der Waals surface area contributed by atoms with Crippen LogP contribution in [-0.2, 0) is 22.7 Å². The van der Waals surface area contributed by atoms with E-state index in [0.717, 1.165) is 42.6 Å². The Bertz CT molecular complexity index is 823. The van der Waals surface area contributed by atoms with E-state index < -0.39 is 6.04 Å². The van der Waals surface area contributed by atoms with Crippen molar-refractivity contribution in [3.63, 3.8) is 0 Å². The van der Waals surface area contributed by atoms with Crippen LogP contribution < -0.4 is 16.0 Å². The summed E-state index contributed by atoms with van der Waals surface area (Å²) < 4.78 is 0. The number of hydrogen-bond acceptors (Lipinski definition) is 5. The Morgan fingerprint density at radius 1 is 1.19 bits per heavy atom. The number of nitrogens with one attached hydrogen (secondary N) is 3. The van der Waals surface area contributed by atoms with Crippen molar-refractivity contribution in [3.8, 4) is 0 Å². The van der Waals surface area contributed by atoms with E-state index in [4.69, 9.17) is 0 Å². The molecule has 5 rings (SSSR count). The van der Waals surface area contributed by atoms with E-state index in [1.807, 2.05) is 12.1 Å². The molecule has 2 saturated heterocycles. The van der Waals surface area contributed by atoms with Crippen molar-refractivity contribution >= 4 is 17.7 Å². The van der Waals surface area contributed by atoms with Crippen molar-refractivity contribution in [2.45, 2.75) is 44.4 Å². The van der Waals surface area contributed by atoms with E-state index in [2.05, 4.69) is 22.0 Å². The first kappa shape index (κ1) is 16.9. The van der Waals surface area contributed by atoms with Gasteiger partial charge in [-0.1, -0.05) is 12.1 Å². The Labute approximate surface area is 157 Å². The molecule has 7 heteroatoms. The zero-order valence-electron chi connectivity index (χ0n) is 15.2. The van der Waals surface area contributed by atoms with E-state index in [1.165, 1.54) is 6.42 Å². The highest BCUT2D eigenvalue weighted by Crippen LogP contribution is 2.37. The summed E-state index contributed by atoms with van der Waals surface area (Å²) >= 11 is 0. The number of imide groups is 1. The van der Waals surface area contributed by atoms with Crippen molar-refractivity contribution in [1.82, 2.24) is 20.9 Å². The molecule has 0 bridgehead atoms. The van der Waals surface area contributed by atoms with Crippen LogP contribution in [0.4, 0.5) is 0 Å². The van der Waals surface area contributed by atoms with Crippen molar-refractivity contribution in [3.05, 3.63) is 34.9 Å². The largest absolute Gasteiger partial charge is 0.322 e. The number of rotatable bonds is 4. The summed E-state index contributed by atoms with van der Waals surface area (Å²) in [6, 6.07) is 6.03. The predicted octanol–water partition coefficient (Wildman–Crippen LogP) is 0.145. The van der Waals surface area contributed by atoms with Gasteiger partial charge < -0.3 is 15.5 Å². The molecule has 142 valence electrons. The molecule has 0 radical (unpaired) electrons. The highest BCUT2D eigenvalue weighted by molar-refractivity contribution is 6.05. The van der Waals surface area contributed by atoms with Gasteiger partial charge in [0.15, 0.2) is 0 Å². The lowest BCUT2D eigenvalue weighted by Crippen LogP contribution is -2.52. The molecule has 1 aliphatic carbocycles. The second-order valence-electron chi connectivity index (χ2n) is 8.20. The van der Waals surface area contributed by atoms with Gasteiger partial charge in [0.05, 0.1) is 0 Å². The standard InChI is InChI=1S/C20H24N4O3/c25-18-4-3-17(19(26)23-18)24-10-12-2-1-11(5-14(12)20(24)27)7-22-16-6-13-8-21-9-15(13)16/h1-2,5,13,15-17,21-22H,3-4,6-10H2,(H,23,25,26). The first-order valence-corrected chi connectivity index (χ1v) is 9.81. The van der Waals surface area contributed by atoms with Gasteiger partial charge in [-0.25, -0.2) is 0 Å². The van der Waals surface area contributed by atoms with Gasteiger partial charge in [0.1, 0.15) is 6.04 Å². The number of hydrogen-bond donors (Lipinski definition) is 3. The summed E-state index contributed by atoms with van der Waals surface area (Å²) in [5, 5.41) is 9.43. The van der Waals surface area contributed by atoms with E-state index in [0.29, 0.717) is 24.6 Å². The molecule has 3 amide bonds. The van der Waals surface area contributed by atoms with Gasteiger partial charge >= 0.3 is 0 Å². The third-order valence-electron chi connectivity index (χ3n) is 6.63. The van der Waals surface area contributed by atoms with Crippen LogP contribution in [0.3, 0.4) is 0 Å². The number of amides is 3. The van der Waals surface area contributed by atoms with E-state index in [1.54, 1.807) is 4.90 Å². The first-order chi connectivity index (χ1) is 13.1. The van der Waals surface area contributed by atoms with Gasteiger partial charge in [-0.05, 0) is 55.0 Å². The Hall–Kier alpha value is -2.25. The number of nitrogens with zero attached hydrogens (tertiary/aromatic N) is 1. The molecule has 1 aromatic rings. The maximum atomic E-state index is 12.9. The molecule has 3 heterocycles. The second-order valence-corrected chi connectivity index (χ2v) is 8.20. The fraction of sp³-hybridized carbons (Fsp3) is 0.550. The highest BCUT2D eigenvalue weighted by Gasteiger charge is 2.43. The van der Waals surface area contributed by atoms with Crippen molar-refractivity contribution < 1.29 is 14.4 Å². The number of piperidine rings is 1. The van der Waals surface area contributed by atoms with Crippen LogP contribution in [-0.4, -0.2) is 47.8 Å². The molecule has 4 aliphatic rings. The maximum absolute atomic E-state index is 12.9. The van der Waals surface area contributed by atoms with Crippen molar-refractivity contribution in [2.75, 3.05) is 13.1 Å². The van der Waals surface area contributed by atoms with Gasteiger partial charge in [0.2, 0.25) is 11.8 Å². The Morgan fingerprint density at radius 3 is 2.89 bits per heavy atom. The summed E-state index contributed by atoms with van der Waals surface area (Å²) in [6.07, 6.45) is 1.91. The van der Waals surface area contributed by atoms with Crippen LogP contribution in [0.25, 0.3) is 0 Å². The van der Waals surface area contributed by atoms with Gasteiger partial charge in [-0.2, -0.15) is 0 Å². The summed E-state index contributed by atoms with van der Waals surface area (Å²) in [4.78, 5) is 37.9. The molecule has 1 saturated carbocycles. The third-order valence-corrected chi connectivity index (χ3v) is 6.63. The van der Waals surface area contributed by atoms with Crippen LogP contribution in [0.2, 0.25) is 0 Å². The lowest BCUT2D eigenvalue weighted by atomic mass is 9.71. The Kier molecular flexibility index (Phi) is 4.02. The SMILES string of the molecule is O=C1CCC(N2Cc3ccc(CNC4CC5CNCC54)cc3C2=O)C(=O)N1. The lowest BCUT2D eigenvalue weighted by molar-refractivity contribution is -0.136. The lowest BCUT2D eigenvalue weighted by Gasteiger charge is -2.40. The average Bonchev–Trinajstić information content (AvgIpc) is 3.16. The third kappa shape index (κ3) is 2.85. The molecule has 4 unspecified atom stereocenters. The Morgan fingerprint density at radius 2 is 2.07 bits per heavy atom. The minimum atomic E-state index is -0.550. The van der Waals surface area contributed by atoms with Crippen LogP contribution in [0.15, 0.2) is 18.2 Å². The molecule has 0 aromatic heterocycles. The molecule has 3 aliphatic heterocycles. The summed E-state index contributed by atoms with van der Waals surface area (Å²) in [6.45, 7) is 3.44. The molecule has 3 fully saturated rings. The smallest absolute Gasteiger partial charge is 0.255 e. The quantitative estimate of drug-likeness (QED) is 0.658. The number of fused-ring (bicyclic) bond motifs is 2. The van der Waals surface area contributed by atoms with E-state index >= 15 is 0 Å². The normalized spacial score (nSPS) is 32.1. The molecular formula is C20H24N4O3. The molecule has 3 N–H and O–H groups in total. The first-order valence-electron chi connectivity index (χ1n) is 9.81. The number of carbonyl (C=O) groups excluding carboxylic acids is 3. The van der Waals surface area contributed by atoms with Gasteiger partial charge in [-0.3, -0.25) is 19.7 Å². The zero-order valence-corrected chi connectivity index (χ0v) is 15.2. The molecule has 1 aromatic carbocycles. The monoisotopic (exact) mass is 368 g/mol. The maximum Gasteiger partial charge on any atom is 0.255 e. The van der Waals surface area contributed by atoms with Crippen molar-refractivity contribution in [2.24, 2.45) is 11.8 Å². The predicted molar refractivity (Wildman–Crippen MR) is 97.6 cm³/mol. The average molecular weight is 368 g/mol. The summed E-state index contributed by atoms with van der Waals surface area (Å²) in [5.41, 5.74) is 2.74. The van der Waals surface area contributed by atoms with E-state index in [-0.39, 0.29) is 24.1 Å². The minimum absolute atomic E-state index is 0.106. The molecule has 7 nitrogen and oxygen atoms in total. The second kappa shape index (κ2) is 6.42. The molecular weight excluding hydrogens is 344 g/mol. The molecule has 4 atom stereocenters. The summed E-state index contributed by atoms with van der Waals surface area (Å²) in [7, 11) is 0. The minimum Gasteiger partial charge on any atom is -0.322 e. The number of benzene rings is 1. The highest BCUT2D eigenvalue weighted by atomic mass is 16.2. The number of carbonyl (C=O) groups is 3. The van der Waals surface area contributed by atoms with Crippen molar-refractivity contribution in [1.29, 1.82) is 0 Å². The van der Waals surface area contributed by atoms with Crippen LogP contribution >= 0.6 is 0 Å². The van der Waals surface area contributed by atoms with Crippen LogP contribution in [0, 0.1) is 11.8 Å². The summed E-state index contributed by atoms with van der Waals surface area (Å²) in [5.74, 6) is 0.837. The van der Waals surface area contributed by atoms with E-state index in [9.17, 15) is 14.4 Å². The zero-order chi connectivity index (χ0) is 18.5. The Balaban J connectivity index is 1.25.